The number of Topliss-reactive ketones (excluding diaryl/α,β-unsaturated/α-hetero) is 1. The second-order valence-electron chi connectivity index (χ2n) is 5.17. The lowest BCUT2D eigenvalue weighted by Crippen LogP contribution is -2.14. The second-order valence-corrected chi connectivity index (χ2v) is 5.17. The summed E-state index contributed by atoms with van der Waals surface area (Å²) in [4.78, 5) is 11.7. The Morgan fingerprint density at radius 2 is 1.88 bits per heavy atom. The van der Waals surface area contributed by atoms with E-state index in [4.69, 9.17) is 4.74 Å². The Hall–Kier alpha value is -1.31. The number of hydrogen-bond donors (Lipinski definition) is 0. The molecule has 0 saturated heterocycles. The van der Waals surface area contributed by atoms with E-state index in [-0.39, 0.29) is 11.2 Å². The van der Waals surface area contributed by atoms with Crippen molar-refractivity contribution in [1.29, 1.82) is 0 Å². The fourth-order valence-corrected chi connectivity index (χ4v) is 1.78. The maximum absolute atomic E-state index is 11.7. The molecule has 0 radical (unpaired) electrons. The van der Waals surface area contributed by atoms with Crippen molar-refractivity contribution in [1.82, 2.24) is 0 Å². The van der Waals surface area contributed by atoms with Gasteiger partial charge in [0.25, 0.3) is 0 Å². The Balaban J connectivity index is 3.24. The van der Waals surface area contributed by atoms with Gasteiger partial charge < -0.3 is 4.74 Å². The van der Waals surface area contributed by atoms with Gasteiger partial charge in [0.2, 0.25) is 0 Å². The first-order chi connectivity index (χ1) is 7.90. The molecule has 94 valence electrons. The quantitative estimate of drug-likeness (QED) is 0.737. The topological polar surface area (TPSA) is 26.3 Å². The third-order valence-electron chi connectivity index (χ3n) is 2.73. The van der Waals surface area contributed by atoms with Crippen LogP contribution >= 0.6 is 0 Å². The van der Waals surface area contributed by atoms with Crippen LogP contribution in [0, 0.1) is 0 Å². The summed E-state index contributed by atoms with van der Waals surface area (Å²) in [7, 11) is 0. The third kappa shape index (κ3) is 3.32. The molecule has 0 amide bonds. The van der Waals surface area contributed by atoms with E-state index in [2.05, 4.69) is 20.8 Å². The van der Waals surface area contributed by atoms with Crippen LogP contribution in [0.3, 0.4) is 0 Å². The number of ketones is 1. The van der Waals surface area contributed by atoms with Gasteiger partial charge in [0.15, 0.2) is 5.78 Å². The van der Waals surface area contributed by atoms with Crippen LogP contribution in [0.25, 0.3) is 0 Å². The highest BCUT2D eigenvalue weighted by Gasteiger charge is 2.20. The van der Waals surface area contributed by atoms with Crippen molar-refractivity contribution in [2.24, 2.45) is 0 Å². The molecule has 1 aromatic rings. The first-order valence-corrected chi connectivity index (χ1v) is 6.20. The molecule has 0 unspecified atom stereocenters. The van der Waals surface area contributed by atoms with Gasteiger partial charge in [-0.05, 0) is 30.5 Å². The first kappa shape index (κ1) is 13.8. The molecule has 0 aliphatic carbocycles. The van der Waals surface area contributed by atoms with E-state index >= 15 is 0 Å². The lowest BCUT2D eigenvalue weighted by Gasteiger charge is -2.23. The van der Waals surface area contributed by atoms with Crippen molar-refractivity contribution >= 4 is 5.78 Å². The second kappa shape index (κ2) is 5.35. The van der Waals surface area contributed by atoms with Crippen molar-refractivity contribution in [3.05, 3.63) is 29.3 Å². The molecule has 17 heavy (non-hydrogen) atoms. The molecule has 0 aliphatic rings. The molecule has 0 atom stereocenters. The van der Waals surface area contributed by atoms with E-state index in [0.717, 1.165) is 16.9 Å². The van der Waals surface area contributed by atoms with Crippen molar-refractivity contribution in [2.75, 3.05) is 6.61 Å². The fraction of sp³-hybridized carbons (Fsp3) is 0.533. The van der Waals surface area contributed by atoms with E-state index in [1.54, 1.807) is 0 Å². The average Bonchev–Trinajstić information content (AvgIpc) is 2.27. The zero-order valence-electron chi connectivity index (χ0n) is 11.5. The lowest BCUT2D eigenvalue weighted by molar-refractivity contribution is 0.0988. The molecule has 0 spiro atoms. The molecular formula is C15H22O2. The number of hydrogen-bond acceptors (Lipinski definition) is 2. The lowest BCUT2D eigenvalue weighted by atomic mass is 9.85. The van der Waals surface area contributed by atoms with Gasteiger partial charge in [0, 0.05) is 17.5 Å². The van der Waals surface area contributed by atoms with Crippen LogP contribution in [0.4, 0.5) is 0 Å². The normalized spacial score (nSPS) is 11.4. The minimum Gasteiger partial charge on any atom is -0.494 e. The minimum atomic E-state index is -0.0193. The zero-order chi connectivity index (χ0) is 13.1. The predicted molar refractivity (Wildman–Crippen MR) is 70.9 cm³/mol. The van der Waals surface area contributed by atoms with Crippen LogP contribution in [0.1, 0.15) is 57.0 Å². The molecule has 0 heterocycles. The summed E-state index contributed by atoms with van der Waals surface area (Å²) in [6.07, 6.45) is 0.539. The van der Waals surface area contributed by atoms with E-state index in [1.165, 1.54) is 0 Å². The highest BCUT2D eigenvalue weighted by atomic mass is 16.5. The Morgan fingerprint density at radius 1 is 1.24 bits per heavy atom. The average molecular weight is 234 g/mol. The molecule has 0 saturated carbocycles. The summed E-state index contributed by atoms with van der Waals surface area (Å²) < 4.78 is 5.62. The molecule has 2 heteroatoms. The summed E-state index contributed by atoms with van der Waals surface area (Å²) in [6.45, 7) is 10.9. The molecule has 0 aliphatic heterocycles. The molecule has 0 fully saturated rings. The van der Waals surface area contributed by atoms with Gasteiger partial charge in [-0.15, -0.1) is 0 Å². The van der Waals surface area contributed by atoms with Gasteiger partial charge >= 0.3 is 0 Å². The number of carbonyl (C=O) groups is 1. The van der Waals surface area contributed by atoms with Crippen molar-refractivity contribution in [2.45, 2.75) is 46.5 Å². The van der Waals surface area contributed by atoms with E-state index in [0.29, 0.717) is 13.0 Å². The zero-order valence-corrected chi connectivity index (χ0v) is 11.5. The Kier molecular flexibility index (Phi) is 4.33. The molecular weight excluding hydrogens is 212 g/mol. The van der Waals surface area contributed by atoms with Crippen LogP contribution in [0.5, 0.6) is 5.75 Å². The summed E-state index contributed by atoms with van der Waals surface area (Å²) >= 11 is 0. The van der Waals surface area contributed by atoms with Gasteiger partial charge in [-0.25, -0.2) is 0 Å². The van der Waals surface area contributed by atoms with Crippen LogP contribution in [-0.4, -0.2) is 12.4 Å². The maximum atomic E-state index is 11.7. The summed E-state index contributed by atoms with van der Waals surface area (Å²) in [5.41, 5.74) is 1.86. The Labute approximate surface area is 104 Å². The fourth-order valence-electron chi connectivity index (χ4n) is 1.78. The Bertz CT molecular complexity index is 400. The summed E-state index contributed by atoms with van der Waals surface area (Å²) in [5.74, 6) is 1.06. The number of ether oxygens (including phenoxy) is 1. The number of carbonyl (C=O) groups excluding carboxylic acids is 1. The van der Waals surface area contributed by atoms with Crippen molar-refractivity contribution < 1.29 is 9.53 Å². The highest BCUT2D eigenvalue weighted by Crippen LogP contribution is 2.32. The van der Waals surface area contributed by atoms with Crippen LogP contribution in [0.15, 0.2) is 18.2 Å². The third-order valence-corrected chi connectivity index (χ3v) is 2.73. The van der Waals surface area contributed by atoms with Crippen molar-refractivity contribution in [3.8, 4) is 5.75 Å². The molecule has 1 aromatic carbocycles. The van der Waals surface area contributed by atoms with E-state index < -0.39 is 0 Å². The van der Waals surface area contributed by atoms with E-state index in [9.17, 15) is 4.79 Å². The van der Waals surface area contributed by atoms with Crippen LogP contribution < -0.4 is 4.74 Å². The molecule has 2 nitrogen and oxygen atoms in total. The predicted octanol–water partition coefficient (Wildman–Crippen LogP) is 3.98. The minimum absolute atomic E-state index is 0.0193. The van der Waals surface area contributed by atoms with Gasteiger partial charge in [-0.3, -0.25) is 4.79 Å². The standard InChI is InChI=1S/C15H22O2/c1-6-13(16)11-8-9-14(17-7-2)12(10-11)15(3,4)5/h8-10H,6-7H2,1-5H3. The van der Waals surface area contributed by atoms with Crippen molar-refractivity contribution in [3.63, 3.8) is 0 Å². The smallest absolute Gasteiger partial charge is 0.162 e. The Morgan fingerprint density at radius 3 is 2.35 bits per heavy atom. The number of benzene rings is 1. The SMILES string of the molecule is CCOc1ccc(C(=O)CC)cc1C(C)(C)C. The van der Waals surface area contributed by atoms with Gasteiger partial charge in [-0.2, -0.15) is 0 Å². The summed E-state index contributed by atoms with van der Waals surface area (Å²) in [6, 6.07) is 5.73. The van der Waals surface area contributed by atoms with Gasteiger partial charge in [0.1, 0.15) is 5.75 Å². The van der Waals surface area contributed by atoms with E-state index in [1.807, 2.05) is 32.0 Å². The molecule has 0 N–H and O–H groups in total. The number of rotatable bonds is 4. The first-order valence-electron chi connectivity index (χ1n) is 6.20. The van der Waals surface area contributed by atoms with Crippen LogP contribution in [-0.2, 0) is 5.41 Å². The maximum Gasteiger partial charge on any atom is 0.162 e. The highest BCUT2D eigenvalue weighted by molar-refractivity contribution is 5.96. The largest absolute Gasteiger partial charge is 0.494 e. The molecule has 1 rings (SSSR count). The molecule has 0 bridgehead atoms. The molecule has 0 aromatic heterocycles. The summed E-state index contributed by atoms with van der Waals surface area (Å²) in [5, 5.41) is 0. The van der Waals surface area contributed by atoms with Gasteiger partial charge in [-0.1, -0.05) is 27.7 Å². The van der Waals surface area contributed by atoms with Crippen LogP contribution in [0.2, 0.25) is 0 Å². The monoisotopic (exact) mass is 234 g/mol. The van der Waals surface area contributed by atoms with Gasteiger partial charge in [0.05, 0.1) is 6.61 Å².